The molecule has 0 aromatic heterocycles. The minimum absolute atomic E-state index is 0.240. The molecule has 4 heteroatoms. The minimum atomic E-state index is 0.240. The number of benzene rings is 4. The van der Waals surface area contributed by atoms with Crippen LogP contribution in [0, 0.1) is 0 Å². The number of hydrogen-bond acceptors (Lipinski definition) is 4. The molecule has 5 rings (SSSR count). The third-order valence-electron chi connectivity index (χ3n) is 6.18. The van der Waals surface area contributed by atoms with Gasteiger partial charge in [-0.1, -0.05) is 121 Å². The number of carbonyl (C=O) groups excluding carboxylic acids is 2. The largest absolute Gasteiger partial charge is 0.489 e. The Kier molecular flexibility index (Phi) is 7.58. The van der Waals surface area contributed by atoms with E-state index in [9.17, 15) is 9.59 Å². The van der Waals surface area contributed by atoms with Crippen molar-refractivity contribution in [2.45, 2.75) is 0 Å². The molecular formula is C34H24O4. The second-order valence-corrected chi connectivity index (χ2v) is 8.52. The zero-order chi connectivity index (χ0) is 26.2. The summed E-state index contributed by atoms with van der Waals surface area (Å²) in [5, 5.41) is 0. The third-order valence-corrected chi connectivity index (χ3v) is 6.18. The molecule has 0 unspecified atom stereocenters. The first kappa shape index (κ1) is 24.5. The van der Waals surface area contributed by atoms with Crippen LogP contribution in [0.1, 0.15) is 22.3 Å². The quantitative estimate of drug-likeness (QED) is 0.279. The van der Waals surface area contributed by atoms with E-state index in [0.29, 0.717) is 33.8 Å². The summed E-state index contributed by atoms with van der Waals surface area (Å²) in [4.78, 5) is 25.6. The highest BCUT2D eigenvalue weighted by Gasteiger charge is 2.31. The standard InChI is InChI=1S/C34H24O4/c35-23-29(25-13-5-1-6-14-25)31-32(30(24-36)26-15-7-2-8-16-26)34(28-19-11-4-12-20-28)38-22-21-37-33(31)27-17-9-3-10-18-27/h1-20H,21-22H2/b33-31-,34-32-. The Hall–Kier alpha value is -5.14. The molecule has 0 aliphatic carbocycles. The molecule has 1 heterocycles. The Morgan fingerprint density at radius 3 is 1.11 bits per heavy atom. The number of rotatable bonds is 6. The Balaban J connectivity index is 1.95. The maximum absolute atomic E-state index is 12.8. The first-order valence-electron chi connectivity index (χ1n) is 12.3. The van der Waals surface area contributed by atoms with Gasteiger partial charge < -0.3 is 9.47 Å². The van der Waals surface area contributed by atoms with Crippen molar-refractivity contribution in [2.75, 3.05) is 13.2 Å². The van der Waals surface area contributed by atoms with Crippen LogP contribution in [-0.4, -0.2) is 25.1 Å². The molecule has 0 saturated carbocycles. The molecule has 0 radical (unpaired) electrons. The van der Waals surface area contributed by atoms with Crippen LogP contribution in [0.2, 0.25) is 0 Å². The fourth-order valence-electron chi connectivity index (χ4n) is 4.49. The maximum Gasteiger partial charge on any atom is 0.136 e. The molecule has 0 saturated heterocycles. The number of hydrogen-bond donors (Lipinski definition) is 0. The molecule has 184 valence electrons. The molecule has 4 aromatic rings. The topological polar surface area (TPSA) is 52.6 Å². The summed E-state index contributed by atoms with van der Waals surface area (Å²) in [6.07, 6.45) is 0. The fourth-order valence-corrected chi connectivity index (χ4v) is 4.49. The van der Waals surface area contributed by atoms with Gasteiger partial charge in [-0.3, -0.25) is 0 Å². The lowest BCUT2D eigenvalue weighted by Crippen LogP contribution is -2.15. The number of allylic oxidation sites excluding steroid dienone is 4. The summed E-state index contributed by atoms with van der Waals surface area (Å²) >= 11 is 0. The van der Waals surface area contributed by atoms with Gasteiger partial charge in [0.1, 0.15) is 36.6 Å². The minimum Gasteiger partial charge on any atom is -0.489 e. The van der Waals surface area contributed by atoms with Crippen LogP contribution < -0.4 is 0 Å². The fraction of sp³-hybridized carbons (Fsp3) is 0.0588. The van der Waals surface area contributed by atoms with Gasteiger partial charge in [-0.25, -0.2) is 9.59 Å². The van der Waals surface area contributed by atoms with E-state index in [1.807, 2.05) is 121 Å². The normalized spacial score (nSPS) is 17.1. The van der Waals surface area contributed by atoms with Crippen molar-refractivity contribution in [3.8, 4) is 0 Å². The van der Waals surface area contributed by atoms with E-state index >= 15 is 0 Å². The van der Waals surface area contributed by atoms with E-state index in [1.165, 1.54) is 0 Å². The van der Waals surface area contributed by atoms with Gasteiger partial charge in [0.25, 0.3) is 0 Å². The highest BCUT2D eigenvalue weighted by molar-refractivity contribution is 6.14. The number of ether oxygens (including phenoxy) is 2. The molecule has 4 nitrogen and oxygen atoms in total. The molecule has 1 aliphatic heterocycles. The van der Waals surface area contributed by atoms with Crippen LogP contribution in [0.3, 0.4) is 0 Å². The molecule has 4 aromatic carbocycles. The Morgan fingerprint density at radius 2 is 0.789 bits per heavy atom. The SMILES string of the molecule is O=C=C(C1=C(\c2ccccc2)OCCO/C(c2ccccc2)=C\1C(=C=O)c1ccccc1)c1ccccc1. The predicted molar refractivity (Wildman–Crippen MR) is 150 cm³/mol. The van der Waals surface area contributed by atoms with E-state index in [2.05, 4.69) is 11.9 Å². The molecule has 0 bridgehead atoms. The molecule has 1 aliphatic rings. The summed E-state index contributed by atoms with van der Waals surface area (Å²) in [5.74, 6) is 5.25. The van der Waals surface area contributed by atoms with Gasteiger partial charge in [0, 0.05) is 22.3 Å². The maximum atomic E-state index is 12.8. The van der Waals surface area contributed by atoms with Crippen LogP contribution in [0.25, 0.3) is 22.7 Å². The van der Waals surface area contributed by atoms with Gasteiger partial charge in [0.05, 0.1) is 11.1 Å². The van der Waals surface area contributed by atoms with E-state index < -0.39 is 0 Å². The summed E-state index contributed by atoms with van der Waals surface area (Å²) in [6, 6.07) is 37.6. The lowest BCUT2D eigenvalue weighted by atomic mass is 9.83. The summed E-state index contributed by atoms with van der Waals surface area (Å²) in [7, 11) is 0. The van der Waals surface area contributed by atoms with Crippen LogP contribution in [0.15, 0.2) is 132 Å². The first-order valence-corrected chi connectivity index (χ1v) is 12.3. The zero-order valence-corrected chi connectivity index (χ0v) is 20.6. The summed E-state index contributed by atoms with van der Waals surface area (Å²) in [6.45, 7) is 0.480. The van der Waals surface area contributed by atoms with Gasteiger partial charge in [-0.15, -0.1) is 0 Å². The van der Waals surface area contributed by atoms with Crippen LogP contribution in [0.4, 0.5) is 0 Å². The van der Waals surface area contributed by atoms with Crippen molar-refractivity contribution in [3.63, 3.8) is 0 Å². The Labute approximate surface area is 221 Å². The average molecular weight is 497 g/mol. The van der Waals surface area contributed by atoms with Crippen molar-refractivity contribution in [2.24, 2.45) is 0 Å². The van der Waals surface area contributed by atoms with Crippen LogP contribution in [0.5, 0.6) is 0 Å². The van der Waals surface area contributed by atoms with Gasteiger partial charge in [0.15, 0.2) is 0 Å². The Morgan fingerprint density at radius 1 is 0.474 bits per heavy atom. The van der Waals surface area contributed by atoms with Crippen molar-refractivity contribution in [1.82, 2.24) is 0 Å². The molecule has 0 fully saturated rings. The molecule has 0 N–H and O–H groups in total. The molecular weight excluding hydrogens is 472 g/mol. The van der Waals surface area contributed by atoms with Gasteiger partial charge >= 0.3 is 0 Å². The zero-order valence-electron chi connectivity index (χ0n) is 20.6. The smallest absolute Gasteiger partial charge is 0.136 e. The lowest BCUT2D eigenvalue weighted by molar-refractivity contribution is 0.171. The molecule has 0 amide bonds. The highest BCUT2D eigenvalue weighted by atomic mass is 16.5. The van der Waals surface area contributed by atoms with E-state index in [0.717, 1.165) is 11.1 Å². The van der Waals surface area contributed by atoms with Gasteiger partial charge in [-0.2, -0.15) is 0 Å². The first-order chi connectivity index (χ1) is 18.8. The third kappa shape index (κ3) is 5.04. The van der Waals surface area contributed by atoms with Crippen molar-refractivity contribution in [1.29, 1.82) is 0 Å². The van der Waals surface area contributed by atoms with Crippen LogP contribution >= 0.6 is 0 Å². The van der Waals surface area contributed by atoms with E-state index in [1.54, 1.807) is 0 Å². The van der Waals surface area contributed by atoms with Gasteiger partial charge in [0.2, 0.25) is 0 Å². The van der Waals surface area contributed by atoms with Crippen molar-refractivity contribution in [3.05, 3.63) is 155 Å². The molecule has 0 spiro atoms. The lowest BCUT2D eigenvalue weighted by Gasteiger charge is -2.26. The monoisotopic (exact) mass is 496 g/mol. The molecule has 0 atom stereocenters. The average Bonchev–Trinajstić information content (AvgIpc) is 2.98. The summed E-state index contributed by atoms with van der Waals surface area (Å²) in [5.41, 5.74) is 4.13. The Bertz CT molecular complexity index is 1450. The second kappa shape index (κ2) is 11.7. The van der Waals surface area contributed by atoms with Crippen molar-refractivity contribution >= 4 is 34.5 Å². The van der Waals surface area contributed by atoms with Crippen molar-refractivity contribution < 1.29 is 19.1 Å². The second-order valence-electron chi connectivity index (χ2n) is 8.52. The van der Waals surface area contributed by atoms with Crippen LogP contribution in [-0.2, 0) is 19.1 Å². The summed E-state index contributed by atoms with van der Waals surface area (Å²) < 4.78 is 12.6. The van der Waals surface area contributed by atoms with Gasteiger partial charge in [-0.05, 0) is 11.1 Å². The predicted octanol–water partition coefficient (Wildman–Crippen LogP) is 6.69. The highest BCUT2D eigenvalue weighted by Crippen LogP contribution is 2.44. The van der Waals surface area contributed by atoms with E-state index in [4.69, 9.17) is 9.47 Å². The van der Waals surface area contributed by atoms with E-state index in [-0.39, 0.29) is 24.4 Å². The molecule has 38 heavy (non-hydrogen) atoms.